The molecule has 0 spiro atoms. The number of ether oxygens (including phenoxy) is 1. The molecule has 29 heavy (non-hydrogen) atoms. The Bertz CT molecular complexity index is 1280. The maximum absolute atomic E-state index is 12.3. The number of nitrogens with zero attached hydrogens (tertiary/aromatic N) is 1. The molecule has 2 aromatic heterocycles. The van der Waals surface area contributed by atoms with Crippen molar-refractivity contribution in [2.24, 2.45) is 0 Å². The van der Waals surface area contributed by atoms with Gasteiger partial charge in [0, 0.05) is 33.2 Å². The smallest absolute Gasteiger partial charge is 0.414 e. The summed E-state index contributed by atoms with van der Waals surface area (Å²) >= 11 is 6.12. The summed E-state index contributed by atoms with van der Waals surface area (Å²) in [5, 5.41) is 1.46. The number of rotatable bonds is 2. The molecule has 1 fully saturated rings. The normalized spacial score (nSPS) is 13.5. The molecule has 1 aliphatic rings. The topological polar surface area (TPSA) is 78.2 Å². The Morgan fingerprint density at radius 3 is 2.59 bits per heavy atom. The van der Waals surface area contributed by atoms with E-state index >= 15 is 0 Å². The molecule has 4 aromatic rings. The first-order valence-corrected chi connectivity index (χ1v) is 9.87. The van der Waals surface area contributed by atoms with Crippen LogP contribution < -0.4 is 10.5 Å². The van der Waals surface area contributed by atoms with E-state index in [1.807, 2.05) is 50.2 Å². The number of amides is 1. The minimum Gasteiger partial charge on any atom is -0.447 e. The predicted octanol–water partition coefficient (Wildman–Crippen LogP) is 5.31. The lowest BCUT2D eigenvalue weighted by molar-refractivity contribution is 0.181. The van der Waals surface area contributed by atoms with Crippen molar-refractivity contribution < 1.29 is 9.53 Å². The van der Waals surface area contributed by atoms with Crippen LogP contribution in [0, 0.1) is 0 Å². The molecule has 2 N–H and O–H groups in total. The third kappa shape index (κ3) is 3.36. The molecule has 0 atom stereocenters. The number of aromatic nitrogens is 2. The van der Waals surface area contributed by atoms with Crippen LogP contribution >= 0.6 is 11.6 Å². The van der Waals surface area contributed by atoms with Gasteiger partial charge in [-0.2, -0.15) is 0 Å². The summed E-state index contributed by atoms with van der Waals surface area (Å²) in [5.41, 5.74) is 4.54. The Labute approximate surface area is 172 Å². The van der Waals surface area contributed by atoms with Gasteiger partial charge in [-0.05, 0) is 35.9 Å². The number of hydrogen-bond donors (Lipinski definition) is 2. The standard InChI is InChI=1S/C20H14ClN3O3.C2H6/c21-12-4-5-16-15(9-12)19-18(22-16)14(10-17(25)23-19)11-2-1-3-13(8-11)24-6-7-27-20(24)26;1-2/h1-5,8-10,22H,6-7H2,(H,23,25);1-2H3. The van der Waals surface area contributed by atoms with Gasteiger partial charge in [0.2, 0.25) is 5.56 Å². The zero-order valence-corrected chi connectivity index (χ0v) is 16.8. The number of cyclic esters (lactones) is 1. The lowest BCUT2D eigenvalue weighted by Gasteiger charge is -2.14. The van der Waals surface area contributed by atoms with Gasteiger partial charge in [-0.15, -0.1) is 0 Å². The minimum absolute atomic E-state index is 0.204. The fourth-order valence-electron chi connectivity index (χ4n) is 3.56. The van der Waals surface area contributed by atoms with Crippen LogP contribution in [0.4, 0.5) is 10.5 Å². The molecule has 3 heterocycles. The molecular weight excluding hydrogens is 390 g/mol. The number of fused-ring (bicyclic) bond motifs is 3. The van der Waals surface area contributed by atoms with Crippen molar-refractivity contribution >= 4 is 45.3 Å². The van der Waals surface area contributed by atoms with Crippen LogP contribution in [0.1, 0.15) is 13.8 Å². The van der Waals surface area contributed by atoms with E-state index in [1.165, 1.54) is 0 Å². The van der Waals surface area contributed by atoms with Crippen LogP contribution in [0.3, 0.4) is 0 Å². The molecule has 2 aromatic carbocycles. The quantitative estimate of drug-likeness (QED) is 0.470. The van der Waals surface area contributed by atoms with Crippen LogP contribution in [0.15, 0.2) is 53.3 Å². The van der Waals surface area contributed by atoms with E-state index in [0.29, 0.717) is 23.7 Å². The monoisotopic (exact) mass is 409 g/mol. The molecule has 1 saturated heterocycles. The van der Waals surface area contributed by atoms with Gasteiger partial charge in [0.15, 0.2) is 0 Å². The van der Waals surface area contributed by atoms with Crippen LogP contribution in [0.5, 0.6) is 0 Å². The van der Waals surface area contributed by atoms with Gasteiger partial charge in [0.1, 0.15) is 6.61 Å². The van der Waals surface area contributed by atoms with Gasteiger partial charge >= 0.3 is 6.09 Å². The Morgan fingerprint density at radius 1 is 1.00 bits per heavy atom. The Balaban J connectivity index is 0.000000994. The number of carbonyl (C=O) groups excluding carboxylic acids is 1. The fourth-order valence-corrected chi connectivity index (χ4v) is 3.73. The highest BCUT2D eigenvalue weighted by Crippen LogP contribution is 2.33. The maximum Gasteiger partial charge on any atom is 0.414 e. The van der Waals surface area contributed by atoms with Crippen molar-refractivity contribution in [2.45, 2.75) is 13.8 Å². The molecule has 0 radical (unpaired) electrons. The number of anilines is 1. The summed E-state index contributed by atoms with van der Waals surface area (Å²) in [6.45, 7) is 4.89. The highest BCUT2D eigenvalue weighted by atomic mass is 35.5. The third-order valence-corrected chi connectivity index (χ3v) is 5.02. The Morgan fingerprint density at radius 2 is 1.83 bits per heavy atom. The number of aromatic amines is 2. The second kappa shape index (κ2) is 7.64. The maximum atomic E-state index is 12.3. The van der Waals surface area contributed by atoms with Crippen molar-refractivity contribution in [1.82, 2.24) is 9.97 Å². The number of benzene rings is 2. The van der Waals surface area contributed by atoms with Gasteiger partial charge in [-0.1, -0.05) is 37.6 Å². The minimum atomic E-state index is -0.358. The van der Waals surface area contributed by atoms with Crippen LogP contribution in [0.2, 0.25) is 5.02 Å². The molecule has 6 nitrogen and oxygen atoms in total. The van der Waals surface area contributed by atoms with Gasteiger partial charge < -0.3 is 14.7 Å². The number of hydrogen-bond acceptors (Lipinski definition) is 3. The molecule has 0 bridgehead atoms. The van der Waals surface area contributed by atoms with E-state index in [9.17, 15) is 9.59 Å². The molecule has 0 aliphatic carbocycles. The highest BCUT2D eigenvalue weighted by molar-refractivity contribution is 6.31. The SMILES string of the molecule is CC.O=C1OCCN1c1cccc(-c2cc(=O)[nH]c3c2[nH]c2ccc(Cl)cc23)c1. The second-order valence-corrected chi connectivity index (χ2v) is 6.86. The van der Waals surface area contributed by atoms with Gasteiger partial charge in [0.05, 0.1) is 17.6 Å². The summed E-state index contributed by atoms with van der Waals surface area (Å²) in [7, 11) is 0. The summed E-state index contributed by atoms with van der Waals surface area (Å²) in [4.78, 5) is 32.0. The zero-order chi connectivity index (χ0) is 20.5. The van der Waals surface area contributed by atoms with Crippen molar-refractivity contribution in [1.29, 1.82) is 0 Å². The van der Waals surface area contributed by atoms with Crippen molar-refractivity contribution in [3.05, 3.63) is 63.9 Å². The zero-order valence-electron chi connectivity index (χ0n) is 16.1. The molecular formula is C22H20ClN3O3. The van der Waals surface area contributed by atoms with Gasteiger partial charge in [-0.25, -0.2) is 4.79 Å². The van der Waals surface area contributed by atoms with Crippen molar-refractivity contribution in [3.8, 4) is 11.1 Å². The number of pyridine rings is 1. The Kier molecular flexibility index (Phi) is 5.03. The first-order valence-electron chi connectivity index (χ1n) is 9.49. The number of H-pyrrole nitrogens is 2. The summed E-state index contributed by atoms with van der Waals surface area (Å²) in [5.74, 6) is 0. The average Bonchev–Trinajstić information content (AvgIpc) is 3.32. The molecule has 1 aliphatic heterocycles. The second-order valence-electron chi connectivity index (χ2n) is 6.43. The van der Waals surface area contributed by atoms with E-state index in [-0.39, 0.29) is 11.7 Å². The largest absolute Gasteiger partial charge is 0.447 e. The van der Waals surface area contributed by atoms with E-state index < -0.39 is 0 Å². The molecule has 0 unspecified atom stereocenters. The van der Waals surface area contributed by atoms with E-state index in [4.69, 9.17) is 16.3 Å². The van der Waals surface area contributed by atoms with E-state index in [2.05, 4.69) is 9.97 Å². The summed E-state index contributed by atoms with van der Waals surface area (Å²) < 4.78 is 5.02. The fraction of sp³-hybridized carbons (Fsp3) is 0.182. The summed E-state index contributed by atoms with van der Waals surface area (Å²) in [6, 6.07) is 14.6. The lowest BCUT2D eigenvalue weighted by atomic mass is 10.0. The molecule has 7 heteroatoms. The molecule has 5 rings (SSSR count). The van der Waals surface area contributed by atoms with Gasteiger partial charge in [0.25, 0.3) is 0 Å². The molecule has 148 valence electrons. The van der Waals surface area contributed by atoms with Crippen molar-refractivity contribution in [3.63, 3.8) is 0 Å². The highest BCUT2D eigenvalue weighted by Gasteiger charge is 2.24. The molecule has 1 amide bonds. The van der Waals surface area contributed by atoms with E-state index in [0.717, 1.165) is 33.2 Å². The third-order valence-electron chi connectivity index (χ3n) is 4.78. The van der Waals surface area contributed by atoms with Crippen LogP contribution in [-0.4, -0.2) is 29.2 Å². The number of nitrogens with one attached hydrogen (secondary N) is 2. The predicted molar refractivity (Wildman–Crippen MR) is 117 cm³/mol. The lowest BCUT2D eigenvalue weighted by Crippen LogP contribution is -2.23. The number of carbonyl (C=O) groups is 1. The summed E-state index contributed by atoms with van der Waals surface area (Å²) in [6.07, 6.45) is -0.358. The average molecular weight is 410 g/mol. The number of halogens is 1. The van der Waals surface area contributed by atoms with Gasteiger partial charge in [-0.3, -0.25) is 9.69 Å². The van der Waals surface area contributed by atoms with Crippen LogP contribution in [0.25, 0.3) is 33.1 Å². The Hall–Kier alpha value is -3.25. The first kappa shape index (κ1) is 19.1. The van der Waals surface area contributed by atoms with Crippen LogP contribution in [-0.2, 0) is 4.74 Å². The first-order chi connectivity index (χ1) is 14.1. The molecule has 0 saturated carbocycles. The van der Waals surface area contributed by atoms with Crippen molar-refractivity contribution in [2.75, 3.05) is 18.1 Å². The van der Waals surface area contributed by atoms with E-state index in [1.54, 1.807) is 17.0 Å².